The summed E-state index contributed by atoms with van der Waals surface area (Å²) in [5.41, 5.74) is 8.14. The van der Waals surface area contributed by atoms with Gasteiger partial charge in [-0.1, -0.05) is 35.0 Å². The SMILES string of the molecule is NC(=O)COc1ccc(/C=N\NC(=O)CSc2nnc(COc3ccc(Cl)cc3Cl)o2)cc1Br. The minimum Gasteiger partial charge on any atom is -0.483 e. The fourth-order valence-electron chi connectivity index (χ4n) is 2.29. The first-order valence-corrected chi connectivity index (χ1v) is 11.9. The molecule has 1 heterocycles. The van der Waals surface area contributed by atoms with E-state index in [4.69, 9.17) is 42.8 Å². The number of primary amides is 1. The average Bonchev–Trinajstić information content (AvgIpc) is 3.24. The smallest absolute Gasteiger partial charge is 0.277 e. The van der Waals surface area contributed by atoms with E-state index >= 15 is 0 Å². The second kappa shape index (κ2) is 12.6. The highest BCUT2D eigenvalue weighted by Crippen LogP contribution is 2.28. The van der Waals surface area contributed by atoms with Gasteiger partial charge in [-0.3, -0.25) is 9.59 Å². The number of benzene rings is 2. The summed E-state index contributed by atoms with van der Waals surface area (Å²) in [6.45, 7) is -0.224. The lowest BCUT2D eigenvalue weighted by Gasteiger charge is -2.06. The van der Waals surface area contributed by atoms with E-state index in [1.165, 1.54) is 6.21 Å². The molecule has 0 fully saturated rings. The number of hydrogen-bond donors (Lipinski definition) is 2. The Kier molecular flexibility index (Phi) is 9.57. The van der Waals surface area contributed by atoms with Gasteiger partial charge in [0.2, 0.25) is 0 Å². The van der Waals surface area contributed by atoms with Gasteiger partial charge in [-0.05, 0) is 57.9 Å². The van der Waals surface area contributed by atoms with E-state index in [9.17, 15) is 9.59 Å². The maximum atomic E-state index is 12.0. The highest BCUT2D eigenvalue weighted by molar-refractivity contribution is 9.10. The van der Waals surface area contributed by atoms with Gasteiger partial charge in [-0.2, -0.15) is 5.10 Å². The van der Waals surface area contributed by atoms with Gasteiger partial charge < -0.3 is 19.6 Å². The van der Waals surface area contributed by atoms with Gasteiger partial charge in [0.15, 0.2) is 13.2 Å². The number of thioether (sulfide) groups is 1. The van der Waals surface area contributed by atoms with Crippen molar-refractivity contribution in [2.45, 2.75) is 11.8 Å². The van der Waals surface area contributed by atoms with Crippen molar-refractivity contribution in [3.05, 3.63) is 62.4 Å². The number of rotatable bonds is 11. The van der Waals surface area contributed by atoms with Crippen LogP contribution in [0.5, 0.6) is 11.5 Å². The minimum atomic E-state index is -0.578. The summed E-state index contributed by atoms with van der Waals surface area (Å²) in [7, 11) is 0. The van der Waals surface area contributed by atoms with Crippen molar-refractivity contribution < 1.29 is 23.5 Å². The van der Waals surface area contributed by atoms with E-state index < -0.39 is 5.91 Å². The van der Waals surface area contributed by atoms with E-state index in [0.717, 1.165) is 11.8 Å². The zero-order valence-corrected chi connectivity index (χ0v) is 21.1. The molecule has 2 amide bonds. The Bertz CT molecular complexity index is 1210. The molecular formula is C20H16BrCl2N5O5S. The number of nitrogens with zero attached hydrogens (tertiary/aromatic N) is 3. The van der Waals surface area contributed by atoms with Crippen LogP contribution in [0.3, 0.4) is 0 Å². The van der Waals surface area contributed by atoms with Crippen LogP contribution in [0.2, 0.25) is 10.0 Å². The van der Waals surface area contributed by atoms with Crippen LogP contribution in [-0.4, -0.2) is 40.6 Å². The molecule has 0 bridgehead atoms. The molecule has 3 rings (SSSR count). The zero-order chi connectivity index (χ0) is 24.5. The topological polar surface area (TPSA) is 142 Å². The molecule has 3 N–H and O–H groups in total. The van der Waals surface area contributed by atoms with E-state index in [1.807, 2.05) is 0 Å². The summed E-state index contributed by atoms with van der Waals surface area (Å²) < 4.78 is 16.8. The summed E-state index contributed by atoms with van der Waals surface area (Å²) in [6, 6.07) is 9.89. The molecule has 0 aliphatic rings. The molecule has 0 aliphatic carbocycles. The minimum absolute atomic E-state index is 0.00638. The van der Waals surface area contributed by atoms with Crippen molar-refractivity contribution in [3.8, 4) is 11.5 Å². The molecule has 0 spiro atoms. The van der Waals surface area contributed by atoms with E-state index in [2.05, 4.69) is 36.7 Å². The van der Waals surface area contributed by atoms with Crippen molar-refractivity contribution in [2.24, 2.45) is 10.8 Å². The molecule has 0 saturated heterocycles. The average molecular weight is 589 g/mol. The third-order valence-corrected chi connectivity index (χ3v) is 5.72. The molecule has 34 heavy (non-hydrogen) atoms. The predicted molar refractivity (Wildman–Crippen MR) is 130 cm³/mol. The van der Waals surface area contributed by atoms with Gasteiger partial charge in [-0.25, -0.2) is 5.43 Å². The summed E-state index contributed by atoms with van der Waals surface area (Å²) >= 11 is 16.3. The lowest BCUT2D eigenvalue weighted by Crippen LogP contribution is -2.20. The Hall–Kier alpha value is -2.80. The largest absolute Gasteiger partial charge is 0.483 e. The van der Waals surface area contributed by atoms with Crippen molar-refractivity contribution in [1.82, 2.24) is 15.6 Å². The van der Waals surface area contributed by atoms with Crippen LogP contribution in [0, 0.1) is 0 Å². The van der Waals surface area contributed by atoms with Crippen molar-refractivity contribution in [2.75, 3.05) is 12.4 Å². The van der Waals surface area contributed by atoms with Crippen molar-refractivity contribution in [1.29, 1.82) is 0 Å². The lowest BCUT2D eigenvalue weighted by atomic mass is 10.2. The fraction of sp³-hybridized carbons (Fsp3) is 0.150. The number of nitrogens with two attached hydrogens (primary N) is 1. The fourth-order valence-corrected chi connectivity index (χ4v) is 3.84. The Morgan fingerprint density at radius 3 is 2.71 bits per heavy atom. The van der Waals surface area contributed by atoms with Crippen LogP contribution >= 0.6 is 50.9 Å². The van der Waals surface area contributed by atoms with Gasteiger partial charge >= 0.3 is 0 Å². The summed E-state index contributed by atoms with van der Waals surface area (Å²) in [4.78, 5) is 22.8. The Balaban J connectivity index is 1.42. The van der Waals surface area contributed by atoms with Crippen LogP contribution in [-0.2, 0) is 16.2 Å². The van der Waals surface area contributed by atoms with Crippen LogP contribution in [0.25, 0.3) is 0 Å². The van der Waals surface area contributed by atoms with Gasteiger partial charge in [0.25, 0.3) is 22.9 Å². The molecule has 0 atom stereocenters. The lowest BCUT2D eigenvalue weighted by molar-refractivity contribution is -0.120. The molecular weight excluding hydrogens is 573 g/mol. The molecule has 1 aromatic heterocycles. The monoisotopic (exact) mass is 587 g/mol. The Morgan fingerprint density at radius 1 is 1.18 bits per heavy atom. The second-order valence-electron chi connectivity index (χ2n) is 6.35. The van der Waals surface area contributed by atoms with Crippen molar-refractivity contribution in [3.63, 3.8) is 0 Å². The molecule has 10 nitrogen and oxygen atoms in total. The molecule has 14 heteroatoms. The number of hydrazone groups is 1. The molecule has 0 radical (unpaired) electrons. The molecule has 0 unspecified atom stereocenters. The normalized spacial score (nSPS) is 10.9. The third-order valence-electron chi connectivity index (χ3n) is 3.75. The standard InChI is InChI=1S/C20H16BrCl2N5O5S/c21-13-5-11(1-3-15(13)31-8-17(24)29)7-25-26-18(30)10-34-20-28-27-19(33-20)9-32-16-4-2-12(22)6-14(16)23/h1-7H,8-10H2,(H2,24,29)(H,26,30)/b25-7-. The highest BCUT2D eigenvalue weighted by Gasteiger charge is 2.11. The third kappa shape index (κ3) is 8.20. The van der Waals surface area contributed by atoms with Crippen molar-refractivity contribution >= 4 is 68.9 Å². The van der Waals surface area contributed by atoms with E-state index in [0.29, 0.717) is 31.6 Å². The Morgan fingerprint density at radius 2 is 1.97 bits per heavy atom. The van der Waals surface area contributed by atoms with Crippen LogP contribution in [0.15, 0.2) is 55.6 Å². The van der Waals surface area contributed by atoms with Gasteiger partial charge in [0.1, 0.15) is 11.5 Å². The number of carbonyl (C=O) groups is 2. The molecule has 178 valence electrons. The van der Waals surface area contributed by atoms with Crippen LogP contribution in [0.4, 0.5) is 0 Å². The highest BCUT2D eigenvalue weighted by atomic mass is 79.9. The number of halogens is 3. The number of hydrogen-bond acceptors (Lipinski definition) is 9. The maximum absolute atomic E-state index is 12.0. The molecule has 2 aromatic carbocycles. The maximum Gasteiger partial charge on any atom is 0.277 e. The zero-order valence-electron chi connectivity index (χ0n) is 17.2. The molecule has 0 aliphatic heterocycles. The van der Waals surface area contributed by atoms with E-state index in [1.54, 1.807) is 36.4 Å². The molecule has 0 saturated carbocycles. The number of amides is 2. The first-order chi connectivity index (χ1) is 16.3. The number of aromatic nitrogens is 2. The Labute approximate surface area is 216 Å². The number of carbonyl (C=O) groups excluding carboxylic acids is 2. The van der Waals surface area contributed by atoms with Gasteiger partial charge in [0.05, 0.1) is 21.5 Å². The van der Waals surface area contributed by atoms with Gasteiger partial charge in [0, 0.05) is 5.02 Å². The quantitative estimate of drug-likeness (QED) is 0.195. The predicted octanol–water partition coefficient (Wildman–Crippen LogP) is 3.82. The van der Waals surface area contributed by atoms with Gasteiger partial charge in [-0.15, -0.1) is 10.2 Å². The summed E-state index contributed by atoms with van der Waals surface area (Å²) in [5, 5.41) is 12.7. The summed E-state index contributed by atoms with van der Waals surface area (Å²) in [5.74, 6) is 0.164. The number of ether oxygens (including phenoxy) is 2. The van der Waals surface area contributed by atoms with E-state index in [-0.39, 0.29) is 36.0 Å². The van der Waals surface area contributed by atoms with Crippen LogP contribution in [0.1, 0.15) is 11.5 Å². The van der Waals surface area contributed by atoms with Crippen LogP contribution < -0.4 is 20.6 Å². The number of nitrogens with one attached hydrogen (secondary N) is 1. The first-order valence-electron chi connectivity index (χ1n) is 9.35. The first kappa shape index (κ1) is 25.8. The molecule has 3 aromatic rings. The second-order valence-corrected chi connectivity index (χ2v) is 8.98. The summed E-state index contributed by atoms with van der Waals surface area (Å²) in [6.07, 6.45) is 1.45.